The van der Waals surface area contributed by atoms with Crippen LogP contribution in [0.5, 0.6) is 11.5 Å². The Hall–Kier alpha value is -4.18. The Balaban J connectivity index is 1.60. The minimum Gasteiger partial charge on any atom is -0.486 e. The zero-order chi connectivity index (χ0) is 21.9. The normalized spacial score (nSPS) is 13.6. The highest BCUT2D eigenvalue weighted by Gasteiger charge is 2.15. The number of nitrogens with zero attached hydrogens (tertiary/aromatic N) is 4. The van der Waals surface area contributed by atoms with Crippen LogP contribution in [0, 0.1) is 10.1 Å². The largest absolute Gasteiger partial charge is 0.486 e. The quantitative estimate of drug-likeness (QED) is 0.252. The van der Waals surface area contributed by atoms with E-state index in [9.17, 15) is 10.1 Å². The van der Waals surface area contributed by atoms with Crippen molar-refractivity contribution in [2.24, 2.45) is 10.1 Å². The number of aromatic nitrogens is 1. The molecule has 0 spiro atoms. The first-order valence-electron chi connectivity index (χ1n) is 9.65. The second-order valence-corrected chi connectivity index (χ2v) is 7.53. The Morgan fingerprint density at radius 3 is 2.72 bits per heavy atom. The highest BCUT2D eigenvalue weighted by Crippen LogP contribution is 2.30. The molecule has 5 rings (SSSR count). The summed E-state index contributed by atoms with van der Waals surface area (Å²) in [5.74, 6) is 1.95. The van der Waals surface area contributed by atoms with E-state index in [0.717, 1.165) is 5.56 Å². The van der Waals surface area contributed by atoms with Gasteiger partial charge in [-0.2, -0.15) is 5.10 Å². The molecule has 9 nitrogen and oxygen atoms in total. The van der Waals surface area contributed by atoms with Gasteiger partial charge < -0.3 is 13.9 Å². The van der Waals surface area contributed by atoms with Gasteiger partial charge in [-0.05, 0) is 42.0 Å². The van der Waals surface area contributed by atoms with Crippen molar-refractivity contribution in [1.82, 2.24) is 4.68 Å². The molecule has 0 atom stereocenters. The van der Waals surface area contributed by atoms with E-state index in [4.69, 9.17) is 13.9 Å². The molecule has 3 heterocycles. The number of nitro groups is 1. The maximum absolute atomic E-state index is 11.4. The molecule has 32 heavy (non-hydrogen) atoms. The summed E-state index contributed by atoms with van der Waals surface area (Å²) in [5.41, 5.74) is 1.64. The number of para-hydroxylation sites is 2. The fourth-order valence-corrected chi connectivity index (χ4v) is 3.99. The predicted octanol–water partition coefficient (Wildman–Crippen LogP) is 4.60. The molecule has 0 saturated heterocycles. The van der Waals surface area contributed by atoms with Crippen molar-refractivity contribution in [3.05, 3.63) is 86.7 Å². The monoisotopic (exact) mass is 448 g/mol. The summed E-state index contributed by atoms with van der Waals surface area (Å²) in [6, 6.07) is 15.5. The Morgan fingerprint density at radius 1 is 1.06 bits per heavy atom. The van der Waals surface area contributed by atoms with Crippen LogP contribution in [0.4, 0.5) is 11.4 Å². The van der Waals surface area contributed by atoms with Crippen LogP contribution in [0.1, 0.15) is 5.56 Å². The van der Waals surface area contributed by atoms with Crippen LogP contribution in [0.25, 0.3) is 11.5 Å². The molecule has 1 aliphatic rings. The second kappa shape index (κ2) is 8.52. The molecule has 4 aromatic rings. The molecule has 0 fully saturated rings. The molecule has 160 valence electrons. The molecule has 0 radical (unpaired) electrons. The summed E-state index contributed by atoms with van der Waals surface area (Å²) in [5, 5.41) is 17.8. The first-order valence-corrected chi connectivity index (χ1v) is 10.5. The fraction of sp³-hybridized carbons (Fsp3) is 0.0909. The van der Waals surface area contributed by atoms with Gasteiger partial charge in [-0.3, -0.25) is 10.1 Å². The number of fused-ring (bicyclic) bond motifs is 1. The number of benzene rings is 2. The van der Waals surface area contributed by atoms with Crippen molar-refractivity contribution in [1.29, 1.82) is 0 Å². The van der Waals surface area contributed by atoms with Gasteiger partial charge in [-0.25, -0.2) is 9.67 Å². The Labute approximate surface area is 185 Å². The Bertz CT molecular complexity index is 1370. The van der Waals surface area contributed by atoms with Crippen LogP contribution < -0.4 is 14.3 Å². The van der Waals surface area contributed by atoms with Crippen LogP contribution in [-0.4, -0.2) is 29.0 Å². The van der Waals surface area contributed by atoms with Gasteiger partial charge in [0.2, 0.25) is 4.80 Å². The first kappa shape index (κ1) is 19.8. The summed E-state index contributed by atoms with van der Waals surface area (Å²) < 4.78 is 18.3. The molecule has 0 N–H and O–H groups in total. The highest BCUT2D eigenvalue weighted by molar-refractivity contribution is 7.07. The standard InChI is InChI=1S/C22H16N4O5S/c27-26(28)17-5-2-1-4-16(17)24-22-25(18(14-32-22)19-6-3-9-29-19)23-13-15-7-8-20-21(12-15)31-11-10-30-20/h1-9,12-14H,10-11H2. The molecule has 2 aromatic heterocycles. The van der Waals surface area contributed by atoms with Crippen molar-refractivity contribution in [2.45, 2.75) is 0 Å². The third-order valence-electron chi connectivity index (χ3n) is 4.64. The van der Waals surface area contributed by atoms with E-state index in [1.165, 1.54) is 17.4 Å². The van der Waals surface area contributed by atoms with E-state index in [-0.39, 0.29) is 11.4 Å². The van der Waals surface area contributed by atoms with Crippen LogP contribution in [0.2, 0.25) is 0 Å². The second-order valence-electron chi connectivity index (χ2n) is 6.70. The zero-order valence-electron chi connectivity index (χ0n) is 16.6. The van der Waals surface area contributed by atoms with E-state index in [1.807, 2.05) is 29.6 Å². The van der Waals surface area contributed by atoms with Gasteiger partial charge in [0.05, 0.1) is 17.4 Å². The number of rotatable bonds is 5. The van der Waals surface area contributed by atoms with E-state index < -0.39 is 4.92 Å². The lowest BCUT2D eigenvalue weighted by Gasteiger charge is -2.18. The summed E-state index contributed by atoms with van der Waals surface area (Å²) in [6.45, 7) is 1.02. The summed E-state index contributed by atoms with van der Waals surface area (Å²) in [4.78, 5) is 15.9. The molecule has 0 bridgehead atoms. The third kappa shape index (κ3) is 3.91. The number of hydrogen-bond donors (Lipinski definition) is 0. The number of nitro benzene ring substituents is 1. The summed E-state index contributed by atoms with van der Waals surface area (Å²) in [6.07, 6.45) is 3.23. The molecular formula is C22H16N4O5S. The topological polar surface area (TPSA) is 104 Å². The molecule has 0 unspecified atom stereocenters. The van der Waals surface area contributed by atoms with Crippen molar-refractivity contribution in [2.75, 3.05) is 13.2 Å². The van der Waals surface area contributed by atoms with Gasteiger partial charge in [0.25, 0.3) is 5.69 Å². The average molecular weight is 448 g/mol. The molecule has 0 saturated carbocycles. The highest BCUT2D eigenvalue weighted by atomic mass is 32.1. The van der Waals surface area contributed by atoms with Gasteiger partial charge in [0.1, 0.15) is 24.6 Å². The zero-order valence-corrected chi connectivity index (χ0v) is 17.4. The van der Waals surface area contributed by atoms with Crippen LogP contribution >= 0.6 is 11.3 Å². The number of furan rings is 1. The lowest BCUT2D eigenvalue weighted by Crippen LogP contribution is -2.15. The minimum atomic E-state index is -0.456. The SMILES string of the molecule is O=[N+]([O-])c1ccccc1N=c1scc(-c2ccco2)n1N=Cc1ccc2c(c1)OCCO2. The lowest BCUT2D eigenvalue weighted by atomic mass is 10.2. The maximum atomic E-state index is 11.4. The lowest BCUT2D eigenvalue weighted by molar-refractivity contribution is -0.384. The Morgan fingerprint density at radius 2 is 1.91 bits per heavy atom. The van der Waals surface area contributed by atoms with Crippen molar-refractivity contribution in [3.8, 4) is 23.0 Å². The van der Waals surface area contributed by atoms with Gasteiger partial charge in [-0.1, -0.05) is 12.1 Å². The third-order valence-corrected chi connectivity index (χ3v) is 5.46. The molecule has 0 aliphatic carbocycles. The fourth-order valence-electron chi connectivity index (χ4n) is 3.16. The number of hydrogen-bond acceptors (Lipinski definition) is 8. The van der Waals surface area contributed by atoms with Gasteiger partial charge >= 0.3 is 0 Å². The van der Waals surface area contributed by atoms with Crippen molar-refractivity contribution < 1.29 is 18.8 Å². The van der Waals surface area contributed by atoms with Gasteiger partial charge in [-0.15, -0.1) is 11.3 Å². The van der Waals surface area contributed by atoms with Gasteiger partial charge in [0.15, 0.2) is 17.3 Å². The van der Waals surface area contributed by atoms with E-state index in [2.05, 4.69) is 10.1 Å². The van der Waals surface area contributed by atoms with Crippen molar-refractivity contribution in [3.63, 3.8) is 0 Å². The summed E-state index contributed by atoms with van der Waals surface area (Å²) in [7, 11) is 0. The first-order chi connectivity index (χ1) is 15.7. The maximum Gasteiger partial charge on any atom is 0.294 e. The number of ether oxygens (including phenoxy) is 2. The van der Waals surface area contributed by atoms with Crippen LogP contribution in [0.3, 0.4) is 0 Å². The molecular weight excluding hydrogens is 432 g/mol. The van der Waals surface area contributed by atoms with Crippen LogP contribution in [-0.2, 0) is 0 Å². The predicted molar refractivity (Wildman–Crippen MR) is 119 cm³/mol. The van der Waals surface area contributed by atoms with E-state index in [0.29, 0.717) is 41.0 Å². The Kier molecular flexibility index (Phi) is 5.26. The van der Waals surface area contributed by atoms with Crippen LogP contribution in [0.15, 0.2) is 80.8 Å². The summed E-state index contributed by atoms with van der Waals surface area (Å²) >= 11 is 1.30. The minimum absolute atomic E-state index is 0.0807. The average Bonchev–Trinajstić information content (AvgIpc) is 3.48. The number of thiazole rings is 1. The molecule has 10 heteroatoms. The van der Waals surface area contributed by atoms with Gasteiger partial charge in [0, 0.05) is 11.4 Å². The molecule has 2 aromatic carbocycles. The smallest absolute Gasteiger partial charge is 0.294 e. The molecule has 0 amide bonds. The van der Waals surface area contributed by atoms with E-state index in [1.54, 1.807) is 41.4 Å². The van der Waals surface area contributed by atoms with Crippen molar-refractivity contribution >= 4 is 28.9 Å². The van der Waals surface area contributed by atoms with E-state index >= 15 is 0 Å². The molecule has 1 aliphatic heterocycles.